The fraction of sp³-hybridized carbons (Fsp3) is 0.280. The monoisotopic (exact) mass is 524 g/mol. The summed E-state index contributed by atoms with van der Waals surface area (Å²) in [6.07, 6.45) is -1.26. The number of nitrogens with zero attached hydrogens (tertiary/aromatic N) is 5. The highest BCUT2D eigenvalue weighted by molar-refractivity contribution is 7.89. The van der Waals surface area contributed by atoms with Crippen LogP contribution in [-0.2, 0) is 23.1 Å². The fourth-order valence-electron chi connectivity index (χ4n) is 3.92. The number of tetrazole rings is 1. The van der Waals surface area contributed by atoms with Crippen molar-refractivity contribution in [2.75, 3.05) is 14.2 Å². The number of pyridine rings is 1. The maximum atomic E-state index is 14.2. The Morgan fingerprint density at radius 3 is 1.95 bits per heavy atom. The van der Waals surface area contributed by atoms with Gasteiger partial charge in [-0.1, -0.05) is 30.3 Å². The number of sulfonamides is 1. The van der Waals surface area contributed by atoms with Crippen molar-refractivity contribution < 1.29 is 23.0 Å². The predicted molar refractivity (Wildman–Crippen MR) is 136 cm³/mol. The first-order valence-electron chi connectivity index (χ1n) is 11.5. The molecule has 4 rings (SSSR count). The fourth-order valence-corrected chi connectivity index (χ4v) is 5.83. The van der Waals surface area contributed by atoms with Gasteiger partial charge in [0.1, 0.15) is 22.4 Å². The van der Waals surface area contributed by atoms with Crippen molar-refractivity contribution in [3.05, 3.63) is 83.6 Å². The third kappa shape index (κ3) is 6.10. The van der Waals surface area contributed by atoms with Gasteiger partial charge in [0.25, 0.3) is 0 Å². The second kappa shape index (κ2) is 11.5. The number of methoxy groups -OCH3 is 2. The molecule has 4 aromatic rings. The van der Waals surface area contributed by atoms with E-state index in [1.807, 2.05) is 24.3 Å². The minimum absolute atomic E-state index is 0.0755. The number of aliphatic hydroxyl groups is 1. The Bertz CT molecular complexity index is 1350. The molecule has 2 unspecified atom stereocenters. The highest BCUT2D eigenvalue weighted by Crippen LogP contribution is 2.32. The lowest BCUT2D eigenvalue weighted by Gasteiger charge is -2.29. The lowest BCUT2D eigenvalue weighted by Crippen LogP contribution is -2.38. The SMILES string of the molecule is COc1ccc(CN(Cc2ccc(OC)cc2)S(=O)(=O)C(c2cccc(-c3nn[nH]n3)n2)C(C)O)cc1. The van der Waals surface area contributed by atoms with E-state index in [1.165, 1.54) is 11.2 Å². The summed E-state index contributed by atoms with van der Waals surface area (Å²) in [4.78, 5) is 4.46. The minimum atomic E-state index is -4.13. The van der Waals surface area contributed by atoms with Crippen LogP contribution in [0.5, 0.6) is 11.5 Å². The van der Waals surface area contributed by atoms with Crippen molar-refractivity contribution >= 4 is 10.0 Å². The number of nitrogens with one attached hydrogen (secondary N) is 1. The van der Waals surface area contributed by atoms with Crippen molar-refractivity contribution in [2.45, 2.75) is 31.4 Å². The van der Waals surface area contributed by atoms with Crippen LogP contribution in [0, 0.1) is 0 Å². The van der Waals surface area contributed by atoms with Crippen LogP contribution in [0.1, 0.15) is 29.0 Å². The third-order valence-corrected chi connectivity index (χ3v) is 8.05. The molecule has 0 saturated carbocycles. The predicted octanol–water partition coefficient (Wildman–Crippen LogP) is 2.73. The number of aromatic amines is 1. The summed E-state index contributed by atoms with van der Waals surface area (Å²) >= 11 is 0. The molecule has 194 valence electrons. The van der Waals surface area contributed by atoms with Crippen molar-refractivity contribution in [3.63, 3.8) is 0 Å². The number of H-pyrrole nitrogens is 1. The summed E-state index contributed by atoms with van der Waals surface area (Å²) in [5, 5.41) is 23.1. The molecule has 0 fully saturated rings. The molecule has 0 aliphatic heterocycles. The normalized spacial score (nSPS) is 13.3. The molecule has 0 bridgehead atoms. The van der Waals surface area contributed by atoms with Gasteiger partial charge in [0.15, 0.2) is 0 Å². The lowest BCUT2D eigenvalue weighted by atomic mass is 10.2. The van der Waals surface area contributed by atoms with E-state index in [9.17, 15) is 13.5 Å². The molecule has 2 N–H and O–H groups in total. The molecule has 0 aliphatic carbocycles. The van der Waals surface area contributed by atoms with Crippen LogP contribution in [0.2, 0.25) is 0 Å². The first-order chi connectivity index (χ1) is 17.8. The maximum Gasteiger partial charge on any atom is 0.225 e. The average molecular weight is 525 g/mol. The molecule has 37 heavy (non-hydrogen) atoms. The van der Waals surface area contributed by atoms with Crippen molar-refractivity contribution in [1.29, 1.82) is 0 Å². The Morgan fingerprint density at radius 1 is 0.919 bits per heavy atom. The third-order valence-electron chi connectivity index (χ3n) is 5.79. The van der Waals surface area contributed by atoms with Gasteiger partial charge in [-0.15, -0.1) is 10.2 Å². The van der Waals surface area contributed by atoms with E-state index < -0.39 is 21.4 Å². The Kier molecular flexibility index (Phi) is 8.11. The van der Waals surface area contributed by atoms with Gasteiger partial charge in [-0.3, -0.25) is 0 Å². The van der Waals surface area contributed by atoms with Crippen molar-refractivity contribution in [2.24, 2.45) is 0 Å². The van der Waals surface area contributed by atoms with E-state index in [0.717, 1.165) is 11.1 Å². The number of hydrogen-bond donors (Lipinski definition) is 2. The number of hydrogen-bond acceptors (Lipinski definition) is 9. The number of aliphatic hydroxyl groups excluding tert-OH is 1. The molecule has 0 aliphatic rings. The molecule has 0 spiro atoms. The Balaban J connectivity index is 1.73. The zero-order valence-electron chi connectivity index (χ0n) is 20.6. The second-order valence-corrected chi connectivity index (χ2v) is 10.4. The Labute approximate surface area is 215 Å². The van der Waals surface area contributed by atoms with Crippen LogP contribution in [0.15, 0.2) is 66.7 Å². The number of benzene rings is 2. The highest BCUT2D eigenvalue weighted by atomic mass is 32.2. The molecular formula is C25H28N6O5S. The smallest absolute Gasteiger partial charge is 0.225 e. The van der Waals surface area contributed by atoms with Crippen LogP contribution in [0.3, 0.4) is 0 Å². The van der Waals surface area contributed by atoms with Crippen LogP contribution in [0.25, 0.3) is 11.5 Å². The standard InChI is InChI=1S/C25H28N6O5S/c1-17(32)24(22-5-4-6-23(26-22)25-27-29-30-28-25)37(33,34)31(15-18-7-11-20(35-2)12-8-18)16-19-9-13-21(36-3)14-10-19/h4-14,17,24,32H,15-16H2,1-3H3,(H,27,28,29,30). The van der Waals surface area contributed by atoms with Crippen molar-refractivity contribution in [3.8, 4) is 23.0 Å². The van der Waals surface area contributed by atoms with E-state index in [1.54, 1.807) is 56.7 Å². The largest absolute Gasteiger partial charge is 0.497 e. The zero-order valence-corrected chi connectivity index (χ0v) is 21.5. The lowest BCUT2D eigenvalue weighted by molar-refractivity contribution is 0.183. The number of rotatable bonds is 11. The van der Waals surface area contributed by atoms with E-state index in [2.05, 4.69) is 25.6 Å². The Morgan fingerprint density at radius 2 is 1.49 bits per heavy atom. The number of ether oxygens (including phenoxy) is 2. The molecular weight excluding hydrogens is 496 g/mol. The minimum Gasteiger partial charge on any atom is -0.497 e. The molecule has 2 aromatic carbocycles. The van der Waals surface area contributed by atoms with Gasteiger partial charge >= 0.3 is 0 Å². The topological polar surface area (TPSA) is 143 Å². The summed E-state index contributed by atoms with van der Waals surface area (Å²) in [5.74, 6) is 1.55. The first kappa shape index (κ1) is 26.2. The maximum absolute atomic E-state index is 14.2. The van der Waals surface area contributed by atoms with Crippen LogP contribution in [-0.4, -0.2) is 63.8 Å². The van der Waals surface area contributed by atoms with Crippen LogP contribution < -0.4 is 9.47 Å². The van der Waals surface area contributed by atoms with Gasteiger partial charge in [0, 0.05) is 13.1 Å². The van der Waals surface area contributed by atoms with Gasteiger partial charge in [-0.2, -0.15) is 9.52 Å². The molecule has 2 atom stereocenters. The highest BCUT2D eigenvalue weighted by Gasteiger charge is 2.38. The van der Waals surface area contributed by atoms with Gasteiger partial charge in [-0.05, 0) is 59.7 Å². The van der Waals surface area contributed by atoms with Gasteiger partial charge in [-0.25, -0.2) is 13.4 Å². The first-order valence-corrected chi connectivity index (χ1v) is 13.0. The van der Waals surface area contributed by atoms with E-state index in [-0.39, 0.29) is 24.6 Å². The van der Waals surface area contributed by atoms with E-state index in [4.69, 9.17) is 9.47 Å². The zero-order chi connectivity index (χ0) is 26.4. The van der Waals surface area contributed by atoms with E-state index in [0.29, 0.717) is 17.2 Å². The summed E-state index contributed by atoms with van der Waals surface area (Å²) in [7, 11) is -0.999. The van der Waals surface area contributed by atoms with Crippen LogP contribution >= 0.6 is 0 Å². The van der Waals surface area contributed by atoms with Gasteiger partial charge in [0.05, 0.1) is 26.0 Å². The summed E-state index contributed by atoms with van der Waals surface area (Å²) in [5.41, 5.74) is 2.03. The van der Waals surface area contributed by atoms with E-state index >= 15 is 0 Å². The summed E-state index contributed by atoms with van der Waals surface area (Å²) in [6.45, 7) is 1.59. The summed E-state index contributed by atoms with van der Waals surface area (Å²) < 4.78 is 40.1. The van der Waals surface area contributed by atoms with Crippen LogP contribution in [0.4, 0.5) is 0 Å². The molecule has 2 aromatic heterocycles. The molecule has 12 heteroatoms. The van der Waals surface area contributed by atoms with Gasteiger partial charge < -0.3 is 14.6 Å². The van der Waals surface area contributed by atoms with Gasteiger partial charge in [0.2, 0.25) is 15.8 Å². The molecule has 0 saturated heterocycles. The number of aromatic nitrogens is 5. The molecule has 0 radical (unpaired) electrons. The Hall–Kier alpha value is -3.87. The molecule has 2 heterocycles. The average Bonchev–Trinajstić information content (AvgIpc) is 3.44. The molecule has 0 amide bonds. The van der Waals surface area contributed by atoms with Crippen molar-refractivity contribution in [1.82, 2.24) is 29.9 Å². The summed E-state index contributed by atoms with van der Waals surface area (Å²) in [6, 6.07) is 19.2. The quantitative estimate of drug-likeness (QED) is 0.303. The second-order valence-electron chi connectivity index (χ2n) is 8.35. The molecule has 11 nitrogen and oxygen atoms in total.